The maximum Gasteiger partial charge on any atom is 0.238 e. The molecular weight excluding hydrogens is 412 g/mol. The molecule has 0 aliphatic heterocycles. The molecule has 0 aromatic heterocycles. The summed E-state index contributed by atoms with van der Waals surface area (Å²) in [6.45, 7) is 9.05. The second-order valence-corrected chi connectivity index (χ2v) is 10.5. The van der Waals surface area contributed by atoms with E-state index < -0.39 is 21.0 Å². The summed E-state index contributed by atoms with van der Waals surface area (Å²) in [7, 11) is -3.67. The van der Waals surface area contributed by atoms with Gasteiger partial charge in [-0.05, 0) is 57.7 Å². The number of hydrogen-bond acceptors (Lipinski definition) is 4. The van der Waals surface area contributed by atoms with Crippen LogP contribution in [0.5, 0.6) is 0 Å². The van der Waals surface area contributed by atoms with Crippen LogP contribution in [-0.2, 0) is 19.4 Å². The summed E-state index contributed by atoms with van der Waals surface area (Å²) in [5.41, 5.74) is 4.72. The van der Waals surface area contributed by atoms with E-state index in [1.165, 1.54) is 6.92 Å². The molecule has 2 N–H and O–H groups in total. The van der Waals surface area contributed by atoms with E-state index in [-0.39, 0.29) is 30.5 Å². The molecule has 2 rings (SSSR count). The summed E-state index contributed by atoms with van der Waals surface area (Å²) in [6.07, 6.45) is 0.227. The Morgan fingerprint density at radius 3 is 2.13 bits per heavy atom. The van der Waals surface area contributed by atoms with Gasteiger partial charge in [0.1, 0.15) is 5.25 Å². The lowest BCUT2D eigenvalue weighted by molar-refractivity contribution is -0.121. The average molecular weight is 445 g/mol. The molecule has 2 aromatic rings. The molecule has 0 saturated heterocycles. The third kappa shape index (κ3) is 6.92. The van der Waals surface area contributed by atoms with Crippen molar-refractivity contribution in [1.29, 1.82) is 0 Å². The summed E-state index contributed by atoms with van der Waals surface area (Å²) in [5, 5.41) is 4.45. The molecule has 0 saturated carbocycles. The van der Waals surface area contributed by atoms with Crippen molar-refractivity contribution in [2.24, 2.45) is 0 Å². The minimum atomic E-state index is -3.67. The Hall–Kier alpha value is -2.67. The Bertz CT molecular complexity index is 1010. The summed E-state index contributed by atoms with van der Waals surface area (Å²) < 4.78 is 25.2. The van der Waals surface area contributed by atoms with E-state index in [0.29, 0.717) is 0 Å². The first-order chi connectivity index (χ1) is 14.5. The molecule has 2 amide bonds. The number of amides is 2. The van der Waals surface area contributed by atoms with Crippen molar-refractivity contribution in [2.75, 3.05) is 11.1 Å². The van der Waals surface area contributed by atoms with Gasteiger partial charge in [-0.2, -0.15) is 0 Å². The number of aryl methyl sites for hydroxylation is 3. The van der Waals surface area contributed by atoms with Crippen molar-refractivity contribution in [3.05, 3.63) is 64.7 Å². The fourth-order valence-electron chi connectivity index (χ4n) is 3.51. The van der Waals surface area contributed by atoms with Gasteiger partial charge >= 0.3 is 0 Å². The minimum Gasteiger partial charge on any atom is -0.348 e. The lowest BCUT2D eigenvalue weighted by Crippen LogP contribution is -2.40. The van der Waals surface area contributed by atoms with Crippen LogP contribution in [0.2, 0.25) is 0 Å². The van der Waals surface area contributed by atoms with E-state index in [1.807, 2.05) is 70.2 Å². The molecule has 0 radical (unpaired) electrons. The first-order valence-corrected chi connectivity index (χ1v) is 12.2. The SMILES string of the molecule is Cc1cc(C)c(NC(=O)CCCS(=O)(=O)C(C)C(=O)NC(C)c2ccccc2)c(C)c1. The van der Waals surface area contributed by atoms with E-state index in [2.05, 4.69) is 10.6 Å². The van der Waals surface area contributed by atoms with Crippen LogP contribution in [0, 0.1) is 20.8 Å². The number of carbonyl (C=O) groups is 2. The van der Waals surface area contributed by atoms with Crippen molar-refractivity contribution in [2.45, 2.75) is 58.8 Å². The normalized spacial score (nSPS) is 13.3. The number of hydrogen-bond donors (Lipinski definition) is 2. The number of nitrogens with one attached hydrogen (secondary N) is 2. The maximum absolute atomic E-state index is 12.6. The van der Waals surface area contributed by atoms with Gasteiger partial charge in [-0.25, -0.2) is 8.42 Å². The molecule has 31 heavy (non-hydrogen) atoms. The Kier molecular flexibility index (Phi) is 8.39. The summed E-state index contributed by atoms with van der Waals surface area (Å²) in [5.74, 6) is -0.993. The van der Waals surface area contributed by atoms with Gasteiger partial charge in [0.05, 0.1) is 11.8 Å². The number of anilines is 1. The molecule has 7 heteroatoms. The first-order valence-electron chi connectivity index (χ1n) is 10.5. The van der Waals surface area contributed by atoms with E-state index >= 15 is 0 Å². The monoisotopic (exact) mass is 444 g/mol. The zero-order chi connectivity index (χ0) is 23.2. The van der Waals surface area contributed by atoms with Crippen molar-refractivity contribution in [3.63, 3.8) is 0 Å². The van der Waals surface area contributed by atoms with Gasteiger partial charge in [-0.1, -0.05) is 48.0 Å². The Labute approximate surface area is 185 Å². The highest BCUT2D eigenvalue weighted by Gasteiger charge is 2.28. The lowest BCUT2D eigenvalue weighted by Gasteiger charge is -2.18. The van der Waals surface area contributed by atoms with Gasteiger partial charge in [0, 0.05) is 12.1 Å². The molecule has 2 unspecified atom stereocenters. The molecule has 2 atom stereocenters. The largest absolute Gasteiger partial charge is 0.348 e. The van der Waals surface area contributed by atoms with E-state index in [9.17, 15) is 18.0 Å². The topological polar surface area (TPSA) is 92.3 Å². The highest BCUT2D eigenvalue weighted by molar-refractivity contribution is 7.92. The van der Waals surface area contributed by atoms with Gasteiger partial charge in [0.2, 0.25) is 11.8 Å². The van der Waals surface area contributed by atoms with Crippen LogP contribution in [0.1, 0.15) is 55.0 Å². The fourth-order valence-corrected chi connectivity index (χ4v) is 4.80. The van der Waals surface area contributed by atoms with Crippen molar-refractivity contribution in [1.82, 2.24) is 5.32 Å². The van der Waals surface area contributed by atoms with Crippen LogP contribution in [0.4, 0.5) is 5.69 Å². The maximum atomic E-state index is 12.6. The molecule has 0 fully saturated rings. The van der Waals surface area contributed by atoms with E-state index in [0.717, 1.165) is 27.9 Å². The predicted octanol–water partition coefficient (Wildman–Crippen LogP) is 4.01. The van der Waals surface area contributed by atoms with Crippen LogP contribution >= 0.6 is 0 Å². The Balaban J connectivity index is 1.87. The smallest absolute Gasteiger partial charge is 0.238 e. The first kappa shape index (κ1) is 24.6. The summed E-state index contributed by atoms with van der Waals surface area (Å²) >= 11 is 0. The van der Waals surface area contributed by atoms with Crippen LogP contribution in [0.3, 0.4) is 0 Å². The molecule has 0 aliphatic rings. The van der Waals surface area contributed by atoms with Crippen molar-refractivity contribution in [3.8, 4) is 0 Å². The highest BCUT2D eigenvalue weighted by Crippen LogP contribution is 2.22. The zero-order valence-corrected chi connectivity index (χ0v) is 19.7. The molecular formula is C24H32N2O4S. The van der Waals surface area contributed by atoms with E-state index in [4.69, 9.17) is 0 Å². The number of rotatable bonds is 9. The van der Waals surface area contributed by atoms with Crippen molar-refractivity contribution >= 4 is 27.3 Å². The third-order valence-electron chi connectivity index (χ3n) is 5.34. The van der Waals surface area contributed by atoms with Crippen LogP contribution in [0.15, 0.2) is 42.5 Å². The number of carbonyl (C=O) groups excluding carboxylic acids is 2. The van der Waals surface area contributed by atoms with Gasteiger partial charge in [0.15, 0.2) is 9.84 Å². The second kappa shape index (κ2) is 10.6. The lowest BCUT2D eigenvalue weighted by atomic mass is 10.0. The molecule has 6 nitrogen and oxygen atoms in total. The molecule has 0 spiro atoms. The second-order valence-electron chi connectivity index (χ2n) is 8.08. The fraction of sp³-hybridized carbons (Fsp3) is 0.417. The van der Waals surface area contributed by atoms with Gasteiger partial charge in [-0.15, -0.1) is 0 Å². The van der Waals surface area contributed by atoms with Crippen LogP contribution in [-0.4, -0.2) is 31.2 Å². The quantitative estimate of drug-likeness (QED) is 0.611. The highest BCUT2D eigenvalue weighted by atomic mass is 32.2. The molecule has 0 bridgehead atoms. The van der Waals surface area contributed by atoms with E-state index in [1.54, 1.807) is 0 Å². The average Bonchev–Trinajstić information content (AvgIpc) is 2.70. The predicted molar refractivity (Wildman–Crippen MR) is 125 cm³/mol. The van der Waals surface area contributed by atoms with Crippen molar-refractivity contribution < 1.29 is 18.0 Å². The van der Waals surface area contributed by atoms with Gasteiger partial charge in [0.25, 0.3) is 0 Å². The molecule has 0 heterocycles. The van der Waals surface area contributed by atoms with Gasteiger partial charge < -0.3 is 10.6 Å². The number of sulfone groups is 1. The molecule has 168 valence electrons. The third-order valence-corrected chi connectivity index (χ3v) is 7.49. The van der Waals surface area contributed by atoms with Crippen LogP contribution in [0.25, 0.3) is 0 Å². The number of benzene rings is 2. The molecule has 0 aliphatic carbocycles. The minimum absolute atomic E-state index is 0.0702. The summed E-state index contributed by atoms with van der Waals surface area (Å²) in [6, 6.07) is 13.0. The summed E-state index contributed by atoms with van der Waals surface area (Å²) in [4.78, 5) is 24.8. The zero-order valence-electron chi connectivity index (χ0n) is 18.9. The standard InChI is InChI=1S/C24H32N2O4S/c1-16-14-17(2)23(18(3)15-16)26-22(27)12-9-13-31(29,30)20(5)24(28)25-19(4)21-10-7-6-8-11-21/h6-8,10-11,14-15,19-20H,9,12-13H2,1-5H3,(H,25,28)(H,26,27). The molecule has 2 aromatic carbocycles. The van der Waals surface area contributed by atoms with Gasteiger partial charge in [-0.3, -0.25) is 9.59 Å². The Morgan fingerprint density at radius 1 is 0.968 bits per heavy atom. The van der Waals surface area contributed by atoms with Crippen LogP contribution < -0.4 is 10.6 Å². The Morgan fingerprint density at radius 2 is 1.55 bits per heavy atom.